The third-order valence-electron chi connectivity index (χ3n) is 3.28. The summed E-state index contributed by atoms with van der Waals surface area (Å²) in [6.07, 6.45) is 22.5. The summed E-state index contributed by atoms with van der Waals surface area (Å²) < 4.78 is 39.0. The van der Waals surface area contributed by atoms with Crippen LogP contribution in [0.4, 0.5) is 17.3 Å². The molecule has 0 aliphatic heterocycles. The first-order valence-corrected chi connectivity index (χ1v) is 6.33. The van der Waals surface area contributed by atoms with Crippen molar-refractivity contribution in [1.82, 2.24) is 0 Å². The molecule has 1 radical (unpaired) electrons. The van der Waals surface area contributed by atoms with E-state index in [2.05, 4.69) is 48.6 Å². The van der Waals surface area contributed by atoms with Gasteiger partial charge in [-0.15, -0.1) is 12.2 Å². The maximum absolute atomic E-state index is 9.75. The monoisotopic (exact) mass is 372 g/mol. The summed E-state index contributed by atoms with van der Waals surface area (Å²) in [6.45, 7) is 0. The van der Waals surface area contributed by atoms with Crippen molar-refractivity contribution in [1.29, 1.82) is 0 Å². The molecule has 0 fully saturated rings. The van der Waals surface area contributed by atoms with Gasteiger partial charge in [0.25, 0.3) is 0 Å². The smallest absolute Gasteiger partial charge is 0.493 e. The average molecular weight is 372 g/mol. The second kappa shape index (κ2) is 7.40. The zero-order chi connectivity index (χ0) is 13.9. The van der Waals surface area contributed by atoms with Crippen LogP contribution in [0.5, 0.6) is 0 Å². The van der Waals surface area contributed by atoms with E-state index >= 15 is 0 Å². The first-order chi connectivity index (χ1) is 8.90. The maximum Gasteiger partial charge on any atom is 2.00 e. The van der Waals surface area contributed by atoms with Gasteiger partial charge in [-0.1, -0.05) is 25.0 Å². The first kappa shape index (κ1) is 17.4. The second-order valence-electron chi connectivity index (χ2n) is 4.94. The summed E-state index contributed by atoms with van der Waals surface area (Å²) in [5, 5.41) is 0. The van der Waals surface area contributed by atoms with Crippen molar-refractivity contribution in [3.8, 4) is 0 Å². The zero-order valence-corrected chi connectivity index (χ0v) is 12.2. The van der Waals surface area contributed by atoms with Crippen LogP contribution in [0.2, 0.25) is 0 Å². The first-order valence-electron chi connectivity index (χ1n) is 6.33. The van der Waals surface area contributed by atoms with Crippen LogP contribution in [0.1, 0.15) is 12.8 Å². The normalized spacial score (nSPS) is 33.4. The number of halogens is 4. The molecule has 6 heteroatoms. The second-order valence-corrected chi connectivity index (χ2v) is 4.94. The molecule has 4 aliphatic rings. The molecule has 0 spiro atoms. The van der Waals surface area contributed by atoms with Crippen molar-refractivity contribution in [2.45, 2.75) is 12.8 Å². The van der Waals surface area contributed by atoms with Gasteiger partial charge in [-0.3, -0.25) is 12.2 Å². The van der Waals surface area contributed by atoms with Crippen LogP contribution in [-0.2, 0) is 19.5 Å². The molecule has 4 unspecified atom stereocenters. The molecule has 0 saturated carbocycles. The molecule has 4 aliphatic carbocycles. The summed E-state index contributed by atoms with van der Waals surface area (Å²) in [5.41, 5.74) is 0. The minimum Gasteiger partial charge on any atom is -0.493 e. The van der Waals surface area contributed by atoms with Gasteiger partial charge in [-0.25, -0.2) is 0 Å². The Kier molecular flexibility index (Phi) is 6.44. The van der Waals surface area contributed by atoms with Crippen molar-refractivity contribution < 1.29 is 36.7 Å². The molecule has 111 valence electrons. The zero-order valence-electron chi connectivity index (χ0n) is 10.6. The molecule has 4 atom stereocenters. The molecule has 0 aromatic rings. The molecule has 4 rings (SSSR count). The van der Waals surface area contributed by atoms with E-state index in [0.717, 1.165) is 11.8 Å². The van der Waals surface area contributed by atoms with Gasteiger partial charge in [0, 0.05) is 0 Å². The van der Waals surface area contributed by atoms with E-state index in [-0.39, 0.29) is 19.5 Å². The number of rotatable bonds is 0. The van der Waals surface area contributed by atoms with Gasteiger partial charge in [-0.05, 0) is 11.8 Å². The van der Waals surface area contributed by atoms with Crippen LogP contribution >= 0.6 is 0 Å². The van der Waals surface area contributed by atoms with Gasteiger partial charge >= 0.3 is 26.7 Å². The molecule has 20 heavy (non-hydrogen) atoms. The molecule has 0 amide bonds. The Labute approximate surface area is 129 Å². The molecule has 0 aromatic heterocycles. The number of hydrogen-bond donors (Lipinski definition) is 0. The number of hydrogen-bond acceptors (Lipinski definition) is 0. The third-order valence-corrected chi connectivity index (χ3v) is 3.28. The fourth-order valence-corrected chi connectivity index (χ4v) is 2.44. The Morgan fingerprint density at radius 3 is 1.15 bits per heavy atom. The van der Waals surface area contributed by atoms with E-state index < -0.39 is 7.25 Å². The third kappa shape index (κ3) is 6.21. The molecule has 0 N–H and O–H groups in total. The van der Waals surface area contributed by atoms with Crippen LogP contribution in [0.3, 0.4) is 0 Å². The molecule has 4 bridgehead atoms. The van der Waals surface area contributed by atoms with Crippen LogP contribution in [0.15, 0.2) is 36.5 Å². The number of allylic oxidation sites excluding steroid dienone is 8. The fraction of sp³-hybridized carbons (Fsp3) is 0.429. The SMILES string of the molecule is F[B-](F)(F)F.[C-]1=CC2C=CC1C2.[C-]1=CC2C=CC1C2.[Rh+2]. The van der Waals surface area contributed by atoms with Gasteiger partial charge in [0.2, 0.25) is 0 Å². The van der Waals surface area contributed by atoms with Gasteiger partial charge in [0.1, 0.15) is 0 Å². The molecule has 0 saturated heterocycles. The minimum atomic E-state index is -6.00. The van der Waals surface area contributed by atoms with E-state index in [0.29, 0.717) is 11.8 Å². The maximum atomic E-state index is 9.75. The van der Waals surface area contributed by atoms with Gasteiger partial charge in [0.15, 0.2) is 0 Å². The van der Waals surface area contributed by atoms with E-state index in [1.807, 2.05) is 0 Å². The van der Waals surface area contributed by atoms with Crippen LogP contribution < -0.4 is 0 Å². The van der Waals surface area contributed by atoms with Crippen LogP contribution in [-0.4, -0.2) is 7.25 Å². The van der Waals surface area contributed by atoms with Gasteiger partial charge < -0.3 is 29.4 Å². The van der Waals surface area contributed by atoms with E-state index in [4.69, 9.17) is 0 Å². The van der Waals surface area contributed by atoms with Crippen molar-refractivity contribution in [3.05, 3.63) is 48.6 Å². The van der Waals surface area contributed by atoms with Crippen LogP contribution in [0.25, 0.3) is 0 Å². The number of fused-ring (bicyclic) bond motifs is 4. The predicted octanol–water partition coefficient (Wildman–Crippen LogP) is 4.40. The Morgan fingerprint density at radius 1 is 0.750 bits per heavy atom. The van der Waals surface area contributed by atoms with Crippen molar-refractivity contribution in [2.24, 2.45) is 23.7 Å². The Morgan fingerprint density at radius 2 is 1.10 bits per heavy atom. The van der Waals surface area contributed by atoms with Crippen molar-refractivity contribution in [2.75, 3.05) is 0 Å². The standard InChI is InChI=1S/2C7H7.BF4.Rh/c2*1-2-7-4-3-6(1)5-7;2-1(3,4)5;/h2*1-3,6-7H,5H2;;/q3*-1;+2. The summed E-state index contributed by atoms with van der Waals surface area (Å²) >= 11 is 0. The molecule has 0 heterocycles. The van der Waals surface area contributed by atoms with Crippen LogP contribution in [0, 0.1) is 35.8 Å². The van der Waals surface area contributed by atoms with E-state index in [1.54, 1.807) is 0 Å². The van der Waals surface area contributed by atoms with Crippen molar-refractivity contribution in [3.63, 3.8) is 0 Å². The largest absolute Gasteiger partial charge is 2.00 e. The molecular formula is C14H14BF4Rh-. The Balaban J connectivity index is 0.000000150. The van der Waals surface area contributed by atoms with Gasteiger partial charge in [0.05, 0.1) is 0 Å². The molecular weight excluding hydrogens is 358 g/mol. The Bertz CT molecular complexity index is 329. The minimum absolute atomic E-state index is 0. The summed E-state index contributed by atoms with van der Waals surface area (Å²) in [5.74, 6) is 2.88. The van der Waals surface area contributed by atoms with E-state index in [9.17, 15) is 17.3 Å². The molecule has 0 nitrogen and oxygen atoms in total. The summed E-state index contributed by atoms with van der Waals surface area (Å²) in [7, 11) is -6.00. The summed E-state index contributed by atoms with van der Waals surface area (Å²) in [4.78, 5) is 0. The molecule has 0 aromatic carbocycles. The quantitative estimate of drug-likeness (QED) is 0.256. The fourth-order valence-electron chi connectivity index (χ4n) is 2.44. The van der Waals surface area contributed by atoms with Crippen molar-refractivity contribution >= 4 is 7.25 Å². The average Bonchev–Trinajstić information content (AvgIpc) is 3.10. The van der Waals surface area contributed by atoms with E-state index in [1.165, 1.54) is 12.8 Å². The predicted molar refractivity (Wildman–Crippen MR) is 67.3 cm³/mol. The van der Waals surface area contributed by atoms with Gasteiger partial charge in [-0.2, -0.15) is 11.8 Å². The summed E-state index contributed by atoms with van der Waals surface area (Å²) in [6, 6.07) is 0. The topological polar surface area (TPSA) is 0 Å². The Hall–Kier alpha value is -0.632.